The average molecular weight is 543 g/mol. The summed E-state index contributed by atoms with van der Waals surface area (Å²) in [4.78, 5) is 26.2. The van der Waals surface area contributed by atoms with Crippen LogP contribution in [0.3, 0.4) is 0 Å². The predicted octanol–water partition coefficient (Wildman–Crippen LogP) is 4.40. The average Bonchev–Trinajstić information content (AvgIpc) is 3.56. The Morgan fingerprint density at radius 3 is 2.54 bits per heavy atom. The summed E-state index contributed by atoms with van der Waals surface area (Å²) < 4.78 is 42.1. The Morgan fingerprint density at radius 1 is 1.18 bits per heavy atom. The van der Waals surface area contributed by atoms with Crippen LogP contribution in [0.15, 0.2) is 47.7 Å². The maximum absolute atomic E-state index is 13.3. The van der Waals surface area contributed by atoms with Gasteiger partial charge in [-0.25, -0.2) is 0 Å². The molecule has 5 rings (SSSR count). The number of rotatable bonds is 9. The van der Waals surface area contributed by atoms with Crippen molar-refractivity contribution in [1.82, 2.24) is 24.6 Å². The second kappa shape index (κ2) is 9.93. The highest BCUT2D eigenvalue weighted by atomic mass is 19.4. The van der Waals surface area contributed by atoms with Gasteiger partial charge in [0, 0.05) is 25.5 Å². The van der Waals surface area contributed by atoms with E-state index in [4.69, 9.17) is 0 Å². The van der Waals surface area contributed by atoms with Crippen LogP contribution in [0.25, 0.3) is 0 Å². The number of alkyl halides is 3. The first-order valence-electron chi connectivity index (χ1n) is 13.1. The van der Waals surface area contributed by atoms with Crippen LogP contribution >= 0.6 is 0 Å². The van der Waals surface area contributed by atoms with E-state index in [0.29, 0.717) is 21.7 Å². The van der Waals surface area contributed by atoms with Crippen molar-refractivity contribution in [3.8, 4) is 0 Å². The van der Waals surface area contributed by atoms with Crippen molar-refractivity contribution in [2.45, 2.75) is 64.2 Å². The number of aromatic nitrogens is 4. The van der Waals surface area contributed by atoms with Crippen molar-refractivity contribution in [2.24, 2.45) is 18.4 Å². The molecule has 8 nitrogen and oxygen atoms in total. The fourth-order valence-electron chi connectivity index (χ4n) is 5.89. The van der Waals surface area contributed by atoms with E-state index < -0.39 is 24.2 Å². The molecule has 1 aromatic carbocycles. The first-order chi connectivity index (χ1) is 18.4. The van der Waals surface area contributed by atoms with E-state index >= 15 is 0 Å². The zero-order valence-corrected chi connectivity index (χ0v) is 22.3. The Labute approximate surface area is 224 Å². The van der Waals surface area contributed by atoms with Gasteiger partial charge in [-0.05, 0) is 72.9 Å². The summed E-state index contributed by atoms with van der Waals surface area (Å²) in [6.07, 6.45) is 2.16. The van der Waals surface area contributed by atoms with Gasteiger partial charge < -0.3 is 19.8 Å². The highest BCUT2D eigenvalue weighted by Crippen LogP contribution is 2.58. The second-order valence-electron chi connectivity index (χ2n) is 11.8. The highest BCUT2D eigenvalue weighted by molar-refractivity contribution is 6.04. The normalized spacial score (nSPS) is 18.0. The second-order valence-corrected chi connectivity index (χ2v) is 11.8. The molecular weight excluding hydrogens is 509 g/mol. The number of carbonyl (C=O) groups is 1. The summed E-state index contributed by atoms with van der Waals surface area (Å²) in [7, 11) is 1.90. The smallest absolute Gasteiger partial charge is 0.322 e. The number of benzene rings is 1. The molecule has 2 heterocycles. The molecule has 39 heavy (non-hydrogen) atoms. The fraction of sp³-hybridized carbons (Fsp3) is 0.500. The zero-order chi connectivity index (χ0) is 28.0. The summed E-state index contributed by atoms with van der Waals surface area (Å²) in [6, 6.07) is 8.71. The number of amides is 1. The minimum atomic E-state index is -4.60. The lowest BCUT2D eigenvalue weighted by atomic mass is 9.51. The Bertz CT molecular complexity index is 1430. The SMILES string of the molecule is Cn1cnnc1C1(c2cccc(NC(=O)c3cc(CNCC4CC4)cn(CC(F)(F)F)c3=O)c2)CC(C)(C)C1. The molecule has 2 aliphatic rings. The van der Waals surface area contributed by atoms with Gasteiger partial charge in [0.05, 0.1) is 5.41 Å². The molecule has 2 aliphatic carbocycles. The Balaban J connectivity index is 1.42. The van der Waals surface area contributed by atoms with Gasteiger partial charge in [-0.15, -0.1) is 10.2 Å². The fourth-order valence-corrected chi connectivity index (χ4v) is 5.89. The van der Waals surface area contributed by atoms with Gasteiger partial charge in [0.25, 0.3) is 11.5 Å². The van der Waals surface area contributed by atoms with E-state index in [1.165, 1.54) is 12.3 Å². The van der Waals surface area contributed by atoms with Crippen LogP contribution in [-0.4, -0.2) is 38.0 Å². The van der Waals surface area contributed by atoms with Crippen LogP contribution in [0.4, 0.5) is 18.9 Å². The maximum Gasteiger partial charge on any atom is 0.406 e. The van der Waals surface area contributed by atoms with Crippen LogP contribution in [0, 0.1) is 11.3 Å². The quantitative estimate of drug-likeness (QED) is 0.418. The minimum Gasteiger partial charge on any atom is -0.322 e. The number of nitrogens with one attached hydrogen (secondary N) is 2. The maximum atomic E-state index is 13.3. The topological polar surface area (TPSA) is 93.8 Å². The molecule has 3 aromatic rings. The molecule has 0 bridgehead atoms. The molecule has 0 aliphatic heterocycles. The lowest BCUT2D eigenvalue weighted by Gasteiger charge is -2.52. The molecule has 11 heteroatoms. The van der Waals surface area contributed by atoms with Crippen LogP contribution < -0.4 is 16.2 Å². The van der Waals surface area contributed by atoms with Gasteiger partial charge in [-0.1, -0.05) is 26.0 Å². The van der Waals surface area contributed by atoms with Crippen LogP contribution in [0.1, 0.15) is 66.8 Å². The molecule has 0 spiro atoms. The van der Waals surface area contributed by atoms with E-state index in [-0.39, 0.29) is 22.9 Å². The first-order valence-corrected chi connectivity index (χ1v) is 13.1. The van der Waals surface area contributed by atoms with Gasteiger partial charge in [0.1, 0.15) is 24.3 Å². The van der Waals surface area contributed by atoms with E-state index in [2.05, 4.69) is 34.7 Å². The molecule has 0 atom stereocenters. The summed E-state index contributed by atoms with van der Waals surface area (Å²) in [6.45, 7) is 3.92. The lowest BCUT2D eigenvalue weighted by Crippen LogP contribution is -2.49. The number of anilines is 1. The number of nitrogens with zero attached hydrogens (tertiary/aromatic N) is 4. The standard InChI is InChI=1S/C28H33F3N6O2/c1-26(2)14-27(15-26,25-35-33-17-36(25)3)20-5-4-6-21(10-20)34-23(38)22-9-19(12-32-11-18-7-8-18)13-37(24(22)39)16-28(29,30)31/h4-6,9-10,13,17-18,32H,7-8,11-12,14-16H2,1-3H3,(H,34,38). The lowest BCUT2D eigenvalue weighted by molar-refractivity contribution is -0.141. The number of pyridine rings is 1. The molecule has 2 fully saturated rings. The molecule has 2 saturated carbocycles. The molecule has 1 amide bonds. The van der Waals surface area contributed by atoms with E-state index in [1.807, 2.05) is 29.8 Å². The van der Waals surface area contributed by atoms with Gasteiger partial charge in [0.15, 0.2) is 0 Å². The van der Waals surface area contributed by atoms with Crippen molar-refractivity contribution < 1.29 is 18.0 Å². The van der Waals surface area contributed by atoms with Gasteiger partial charge in [0.2, 0.25) is 0 Å². The van der Waals surface area contributed by atoms with Crippen molar-refractivity contribution in [1.29, 1.82) is 0 Å². The molecule has 2 aromatic heterocycles. The van der Waals surface area contributed by atoms with E-state index in [1.54, 1.807) is 12.4 Å². The summed E-state index contributed by atoms with van der Waals surface area (Å²) in [5.41, 5.74) is 0.235. The Kier molecular flexibility index (Phi) is 6.90. The molecule has 0 unspecified atom stereocenters. The number of hydrogen-bond acceptors (Lipinski definition) is 5. The first kappa shape index (κ1) is 27.1. The van der Waals surface area contributed by atoms with Crippen LogP contribution in [0.5, 0.6) is 0 Å². The zero-order valence-electron chi connectivity index (χ0n) is 22.3. The highest BCUT2D eigenvalue weighted by Gasteiger charge is 2.54. The van der Waals surface area contributed by atoms with E-state index in [9.17, 15) is 22.8 Å². The van der Waals surface area contributed by atoms with Crippen molar-refractivity contribution in [2.75, 3.05) is 11.9 Å². The monoisotopic (exact) mass is 542 g/mol. The summed E-state index contributed by atoms with van der Waals surface area (Å²) in [5.74, 6) is 0.651. The molecular formula is C28H33F3N6O2. The number of carbonyl (C=O) groups excluding carboxylic acids is 1. The summed E-state index contributed by atoms with van der Waals surface area (Å²) >= 11 is 0. The third-order valence-corrected chi connectivity index (χ3v) is 7.57. The third kappa shape index (κ3) is 5.93. The molecule has 2 N–H and O–H groups in total. The summed E-state index contributed by atoms with van der Waals surface area (Å²) in [5, 5.41) is 14.4. The molecule has 0 saturated heterocycles. The largest absolute Gasteiger partial charge is 0.406 e. The number of hydrogen-bond donors (Lipinski definition) is 2. The number of halogens is 3. The molecule has 208 valence electrons. The van der Waals surface area contributed by atoms with Crippen LogP contribution in [0.2, 0.25) is 0 Å². The van der Waals surface area contributed by atoms with E-state index in [0.717, 1.165) is 43.6 Å². The predicted molar refractivity (Wildman–Crippen MR) is 140 cm³/mol. The number of aryl methyl sites for hydroxylation is 1. The van der Waals surface area contributed by atoms with Gasteiger partial charge in [-0.3, -0.25) is 9.59 Å². The van der Waals surface area contributed by atoms with Crippen LogP contribution in [-0.2, 0) is 25.6 Å². The van der Waals surface area contributed by atoms with Crippen molar-refractivity contribution in [3.05, 3.63) is 75.7 Å². The Morgan fingerprint density at radius 2 is 1.92 bits per heavy atom. The molecule has 0 radical (unpaired) electrons. The third-order valence-electron chi connectivity index (χ3n) is 7.57. The van der Waals surface area contributed by atoms with Gasteiger partial charge >= 0.3 is 6.18 Å². The van der Waals surface area contributed by atoms with Gasteiger partial charge in [-0.2, -0.15) is 13.2 Å². The Hall–Kier alpha value is -3.47. The van der Waals surface area contributed by atoms with Crippen molar-refractivity contribution >= 4 is 11.6 Å². The van der Waals surface area contributed by atoms with Crippen molar-refractivity contribution in [3.63, 3.8) is 0 Å². The minimum absolute atomic E-state index is 0.1000.